The molecule has 1 heterocycles. The summed E-state index contributed by atoms with van der Waals surface area (Å²) in [6.07, 6.45) is 1.43. The summed E-state index contributed by atoms with van der Waals surface area (Å²) in [4.78, 5) is 13.0. The van der Waals surface area contributed by atoms with E-state index in [1.54, 1.807) is 30.3 Å². The Morgan fingerprint density at radius 2 is 1.80 bits per heavy atom. The summed E-state index contributed by atoms with van der Waals surface area (Å²) in [6.45, 7) is 0. The summed E-state index contributed by atoms with van der Waals surface area (Å²) < 4.78 is 5.63. The number of rotatable bonds is 5. The quantitative estimate of drug-likeness (QED) is 0.462. The average Bonchev–Trinajstić information content (AvgIpc) is 3.04. The van der Waals surface area contributed by atoms with E-state index in [9.17, 15) is 4.79 Å². The van der Waals surface area contributed by atoms with E-state index in [1.165, 1.54) is 18.0 Å². The molecular weight excluding hydrogens is 379 g/mol. The maximum absolute atomic E-state index is 12.0. The van der Waals surface area contributed by atoms with Gasteiger partial charge in [-0.05, 0) is 48.5 Å². The van der Waals surface area contributed by atoms with Crippen molar-refractivity contribution in [3.63, 3.8) is 0 Å². The molecular formula is C18H12Cl2N2O2S. The number of hydrogen-bond donors (Lipinski definition) is 1. The number of carbonyl (C=O) groups excluding carboxylic acids is 1. The third kappa shape index (κ3) is 4.89. The predicted molar refractivity (Wildman–Crippen MR) is 101 cm³/mol. The molecule has 1 amide bonds. The number of benzene rings is 2. The summed E-state index contributed by atoms with van der Waals surface area (Å²) in [5.41, 5.74) is 2.78. The van der Waals surface area contributed by atoms with Crippen LogP contribution >= 0.6 is 35.0 Å². The van der Waals surface area contributed by atoms with Crippen LogP contribution in [-0.2, 0) is 0 Å². The van der Waals surface area contributed by atoms with Crippen molar-refractivity contribution in [2.24, 2.45) is 5.10 Å². The third-order valence-corrected chi connectivity index (χ3v) is 4.62. The van der Waals surface area contributed by atoms with Gasteiger partial charge in [0.15, 0.2) is 5.09 Å². The van der Waals surface area contributed by atoms with Crippen LogP contribution in [0.25, 0.3) is 0 Å². The average molecular weight is 391 g/mol. The smallest absolute Gasteiger partial charge is 0.272 e. The Labute approximate surface area is 158 Å². The molecule has 0 atom stereocenters. The highest BCUT2D eigenvalue weighted by Crippen LogP contribution is 2.29. The molecule has 0 aliphatic carbocycles. The van der Waals surface area contributed by atoms with Gasteiger partial charge in [-0.1, -0.05) is 47.1 Å². The van der Waals surface area contributed by atoms with Crippen molar-refractivity contribution in [1.29, 1.82) is 0 Å². The van der Waals surface area contributed by atoms with Crippen molar-refractivity contribution in [3.8, 4) is 0 Å². The molecule has 0 radical (unpaired) electrons. The number of hydrazone groups is 1. The van der Waals surface area contributed by atoms with Gasteiger partial charge in [0.2, 0.25) is 0 Å². The Morgan fingerprint density at radius 3 is 2.56 bits per heavy atom. The van der Waals surface area contributed by atoms with Gasteiger partial charge in [0, 0.05) is 9.92 Å². The van der Waals surface area contributed by atoms with Crippen molar-refractivity contribution in [2.45, 2.75) is 9.99 Å². The van der Waals surface area contributed by atoms with Crippen LogP contribution in [0.3, 0.4) is 0 Å². The van der Waals surface area contributed by atoms with E-state index in [2.05, 4.69) is 10.5 Å². The maximum atomic E-state index is 12.0. The number of carbonyl (C=O) groups is 1. The van der Waals surface area contributed by atoms with Crippen LogP contribution in [0.4, 0.5) is 0 Å². The van der Waals surface area contributed by atoms with E-state index in [0.29, 0.717) is 26.5 Å². The maximum Gasteiger partial charge on any atom is 0.272 e. The highest BCUT2D eigenvalue weighted by molar-refractivity contribution is 7.99. The van der Waals surface area contributed by atoms with E-state index < -0.39 is 0 Å². The summed E-state index contributed by atoms with van der Waals surface area (Å²) >= 11 is 13.3. The molecule has 3 aromatic rings. The molecule has 2 aromatic carbocycles. The lowest BCUT2D eigenvalue weighted by Gasteiger charge is -2.01. The van der Waals surface area contributed by atoms with Crippen molar-refractivity contribution in [1.82, 2.24) is 5.43 Å². The Balaban J connectivity index is 1.59. The van der Waals surface area contributed by atoms with Gasteiger partial charge >= 0.3 is 0 Å². The molecule has 0 aliphatic heterocycles. The van der Waals surface area contributed by atoms with E-state index in [0.717, 1.165) is 4.90 Å². The zero-order valence-corrected chi connectivity index (χ0v) is 15.1. The minimum Gasteiger partial charge on any atom is -0.448 e. The highest BCUT2D eigenvalue weighted by atomic mass is 35.5. The van der Waals surface area contributed by atoms with Crippen LogP contribution in [0.1, 0.15) is 16.1 Å². The zero-order chi connectivity index (χ0) is 17.6. The van der Waals surface area contributed by atoms with Crippen molar-refractivity contribution in [2.75, 3.05) is 0 Å². The predicted octanol–water partition coefficient (Wildman–Crippen LogP) is 5.50. The second kappa shape index (κ2) is 8.25. The van der Waals surface area contributed by atoms with Gasteiger partial charge in [0.1, 0.15) is 5.76 Å². The molecule has 0 aliphatic rings. The first-order valence-electron chi connectivity index (χ1n) is 7.23. The van der Waals surface area contributed by atoms with E-state index in [-0.39, 0.29) is 5.91 Å². The van der Waals surface area contributed by atoms with E-state index in [1.807, 2.05) is 30.3 Å². The van der Waals surface area contributed by atoms with Crippen molar-refractivity contribution in [3.05, 3.63) is 82.0 Å². The molecule has 25 heavy (non-hydrogen) atoms. The Hall–Kier alpha value is -2.21. The van der Waals surface area contributed by atoms with Crippen LogP contribution in [0, 0.1) is 0 Å². The summed E-state index contributed by atoms with van der Waals surface area (Å²) in [5, 5.41) is 5.65. The summed E-state index contributed by atoms with van der Waals surface area (Å²) in [7, 11) is 0. The fourth-order valence-electron chi connectivity index (χ4n) is 1.94. The van der Waals surface area contributed by atoms with Gasteiger partial charge < -0.3 is 4.42 Å². The first-order valence-corrected chi connectivity index (χ1v) is 8.80. The van der Waals surface area contributed by atoms with Gasteiger partial charge in [-0.3, -0.25) is 4.79 Å². The first kappa shape index (κ1) is 17.6. The number of nitrogens with zero attached hydrogens (tertiary/aromatic N) is 1. The van der Waals surface area contributed by atoms with Crippen LogP contribution in [0.15, 0.2) is 80.2 Å². The molecule has 0 unspecified atom stereocenters. The van der Waals surface area contributed by atoms with Crippen molar-refractivity contribution >= 4 is 47.1 Å². The normalized spacial score (nSPS) is 11.0. The fraction of sp³-hybridized carbons (Fsp3) is 0. The highest BCUT2D eigenvalue weighted by Gasteiger charge is 2.08. The monoisotopic (exact) mass is 390 g/mol. The number of nitrogens with one attached hydrogen (secondary N) is 1. The third-order valence-electron chi connectivity index (χ3n) is 3.11. The largest absolute Gasteiger partial charge is 0.448 e. The lowest BCUT2D eigenvalue weighted by molar-refractivity contribution is 0.0955. The first-order chi connectivity index (χ1) is 12.1. The van der Waals surface area contributed by atoms with E-state index >= 15 is 0 Å². The van der Waals surface area contributed by atoms with Crippen LogP contribution in [-0.4, -0.2) is 12.1 Å². The Kier molecular flexibility index (Phi) is 5.81. The lowest BCUT2D eigenvalue weighted by Crippen LogP contribution is -2.17. The molecule has 126 valence electrons. The standard InChI is InChI=1S/C18H12Cl2N2O2S/c19-12-5-8-14(9-6-12)25-17-10-7-13(24-17)11-21-22-18(23)15-3-1-2-4-16(15)20/h1-11H,(H,22,23)/b21-11-. The SMILES string of the molecule is O=C(N/N=C\c1ccc(Sc2ccc(Cl)cc2)o1)c1ccccc1Cl. The lowest BCUT2D eigenvalue weighted by atomic mass is 10.2. The molecule has 7 heteroatoms. The molecule has 0 saturated carbocycles. The molecule has 0 fully saturated rings. The van der Waals surface area contributed by atoms with Crippen molar-refractivity contribution < 1.29 is 9.21 Å². The summed E-state index contributed by atoms with van der Waals surface area (Å²) in [6, 6.07) is 17.8. The number of halogens is 2. The van der Waals surface area contributed by atoms with E-state index in [4.69, 9.17) is 27.6 Å². The molecule has 0 spiro atoms. The molecule has 4 nitrogen and oxygen atoms in total. The zero-order valence-electron chi connectivity index (χ0n) is 12.8. The van der Waals surface area contributed by atoms with Crippen LogP contribution in [0.2, 0.25) is 10.0 Å². The van der Waals surface area contributed by atoms with Crippen LogP contribution in [0.5, 0.6) is 0 Å². The molecule has 3 rings (SSSR count). The van der Waals surface area contributed by atoms with Gasteiger partial charge in [-0.2, -0.15) is 5.10 Å². The van der Waals surface area contributed by atoms with Crippen LogP contribution < -0.4 is 5.43 Å². The molecule has 0 bridgehead atoms. The summed E-state index contributed by atoms with van der Waals surface area (Å²) in [5.74, 6) is 0.139. The molecule has 1 aromatic heterocycles. The minimum absolute atomic E-state index is 0.361. The number of amides is 1. The van der Waals surface area contributed by atoms with Gasteiger partial charge in [0.25, 0.3) is 5.91 Å². The van der Waals surface area contributed by atoms with Gasteiger partial charge in [-0.15, -0.1) is 0 Å². The second-order valence-electron chi connectivity index (χ2n) is 4.89. The molecule has 0 saturated heterocycles. The number of furan rings is 1. The molecule has 1 N–H and O–H groups in total. The fourth-order valence-corrected chi connectivity index (χ4v) is 3.06. The minimum atomic E-state index is -0.385. The topological polar surface area (TPSA) is 54.6 Å². The Morgan fingerprint density at radius 1 is 1.04 bits per heavy atom. The second-order valence-corrected chi connectivity index (χ2v) is 6.81. The number of hydrogen-bond acceptors (Lipinski definition) is 4. The van der Waals surface area contributed by atoms with Gasteiger partial charge in [-0.25, -0.2) is 5.43 Å². The van der Waals surface area contributed by atoms with Gasteiger partial charge in [0.05, 0.1) is 16.8 Å². The Bertz CT molecular complexity index is 907.